The average molecular weight is 580 g/mol. The Morgan fingerprint density at radius 3 is 2.28 bits per heavy atom. The minimum atomic E-state index is -5.79. The molecular formula is C14H20N2Na2O16P2. The fourth-order valence-corrected chi connectivity index (χ4v) is 5.15. The second kappa shape index (κ2) is 13.8. The number of ether oxygens (including phenoxy) is 2. The molecule has 0 aromatic carbocycles. The minimum absolute atomic E-state index is 0. The molecule has 2 unspecified atom stereocenters. The molecule has 6 N–H and O–H groups in total. The molecule has 194 valence electrons. The van der Waals surface area contributed by atoms with Crippen molar-refractivity contribution in [2.24, 2.45) is 0 Å². The predicted molar refractivity (Wildman–Crippen MR) is 98.3 cm³/mol. The molecule has 10 atom stereocenters. The summed E-state index contributed by atoms with van der Waals surface area (Å²) < 4.78 is 46.8. The number of nitrogens with zero attached hydrogens (tertiary/aromatic N) is 1. The third kappa shape index (κ3) is 8.58. The van der Waals surface area contributed by atoms with Crippen molar-refractivity contribution in [3.05, 3.63) is 33.1 Å². The van der Waals surface area contributed by atoms with E-state index in [-0.39, 0.29) is 59.1 Å². The molecule has 22 heteroatoms. The van der Waals surface area contributed by atoms with Gasteiger partial charge in [0.25, 0.3) is 21.2 Å². The van der Waals surface area contributed by atoms with Crippen LogP contribution in [0.5, 0.6) is 0 Å². The molecule has 1 aromatic rings. The zero-order valence-corrected chi connectivity index (χ0v) is 24.5. The largest absolute Gasteiger partial charge is 1.00 e. The number of aromatic nitrogens is 2. The third-order valence-electron chi connectivity index (χ3n) is 4.75. The fourth-order valence-electron chi connectivity index (χ4n) is 3.05. The first-order valence-corrected chi connectivity index (χ1v) is 12.3. The maximum atomic E-state index is 11.9. The van der Waals surface area contributed by atoms with E-state index in [0.29, 0.717) is 4.57 Å². The van der Waals surface area contributed by atoms with E-state index in [1.807, 2.05) is 4.98 Å². The quantitative estimate of drug-likeness (QED) is 0.123. The van der Waals surface area contributed by atoms with Crippen LogP contribution in [-0.2, 0) is 32.0 Å². The molecule has 3 rings (SSSR count). The molecular weight excluding hydrogens is 560 g/mol. The van der Waals surface area contributed by atoms with Gasteiger partial charge >= 0.3 is 64.8 Å². The van der Waals surface area contributed by atoms with E-state index in [0.717, 1.165) is 12.3 Å². The van der Waals surface area contributed by atoms with Gasteiger partial charge in [0.1, 0.15) is 36.6 Å². The number of aliphatic hydroxyl groups excluding tert-OH is 5. The number of H-pyrrole nitrogens is 1. The van der Waals surface area contributed by atoms with Crippen LogP contribution in [0.2, 0.25) is 0 Å². The van der Waals surface area contributed by atoms with E-state index < -0.39 is 89.2 Å². The second-order valence-electron chi connectivity index (χ2n) is 7.19. The van der Waals surface area contributed by atoms with Gasteiger partial charge in [-0.3, -0.25) is 28.0 Å². The van der Waals surface area contributed by atoms with Crippen molar-refractivity contribution in [3.63, 3.8) is 0 Å². The van der Waals surface area contributed by atoms with Crippen molar-refractivity contribution >= 4 is 15.6 Å². The Morgan fingerprint density at radius 2 is 1.67 bits per heavy atom. The first-order chi connectivity index (χ1) is 15.7. The van der Waals surface area contributed by atoms with Gasteiger partial charge in [-0.25, -0.2) is 9.11 Å². The van der Waals surface area contributed by atoms with Crippen molar-refractivity contribution in [2.75, 3.05) is 13.2 Å². The maximum Gasteiger partial charge on any atom is 1.00 e. The molecule has 0 radical (unpaired) electrons. The Kier molecular flexibility index (Phi) is 13.3. The van der Waals surface area contributed by atoms with Crippen LogP contribution in [0, 0.1) is 0 Å². The number of hydrogen-bond donors (Lipinski definition) is 6. The predicted octanol–water partition coefficient (Wildman–Crippen LogP) is -11.4. The van der Waals surface area contributed by atoms with E-state index in [9.17, 15) is 54.0 Å². The molecule has 0 bridgehead atoms. The summed E-state index contributed by atoms with van der Waals surface area (Å²) in [4.78, 5) is 48.7. The number of hydrogen-bond acceptors (Lipinski definition) is 16. The van der Waals surface area contributed by atoms with Crippen LogP contribution in [0.3, 0.4) is 0 Å². The summed E-state index contributed by atoms with van der Waals surface area (Å²) in [6.45, 7) is -1.73. The smallest absolute Gasteiger partial charge is 0.756 e. The summed E-state index contributed by atoms with van der Waals surface area (Å²) in [6.07, 6.45) is -13.4. The second-order valence-corrected chi connectivity index (χ2v) is 10.1. The Labute approximate surface area is 245 Å². The molecule has 3 heterocycles. The van der Waals surface area contributed by atoms with Gasteiger partial charge in [-0.05, 0) is 0 Å². The molecule has 2 fully saturated rings. The van der Waals surface area contributed by atoms with Crippen molar-refractivity contribution in [2.45, 2.75) is 49.1 Å². The summed E-state index contributed by atoms with van der Waals surface area (Å²) in [5, 5.41) is 48.6. The molecule has 0 aliphatic carbocycles. The van der Waals surface area contributed by atoms with Gasteiger partial charge in [-0.15, -0.1) is 0 Å². The van der Waals surface area contributed by atoms with Gasteiger partial charge in [0.15, 0.2) is 12.5 Å². The van der Waals surface area contributed by atoms with Gasteiger partial charge in [-0.2, -0.15) is 0 Å². The molecule has 0 spiro atoms. The van der Waals surface area contributed by atoms with Gasteiger partial charge in [-0.1, -0.05) is 0 Å². The standard InChI is InChI=1S/C14H22N2O16P2.2Na/c17-5-3-28-13(11(22)8(5)19)31-34(26,27)32-33(24,25)29-4-6-9(20)10(21)12(30-6)16-2-1-7(18)15-14(16)23;;/h1-2,5-6,8-13,17,19-22H,3-4H2,(H,24,25)(H,26,27)(H,15,18,23);;/q;2*+1/p-2/t5-,6-,8+,9-,10-,11-,12-,13-;;/m1../s1. The zero-order chi connectivity index (χ0) is 25.4. The number of rotatable bonds is 8. The number of aliphatic hydroxyl groups is 5. The number of nitrogens with one attached hydrogen (secondary N) is 1. The normalized spacial score (nSPS) is 35.6. The Balaban J connectivity index is 0.00000324. The third-order valence-corrected chi connectivity index (χ3v) is 7.28. The summed E-state index contributed by atoms with van der Waals surface area (Å²) in [7, 11) is -11.5. The summed E-state index contributed by atoms with van der Waals surface area (Å²) in [6, 6.07) is 0.922. The van der Waals surface area contributed by atoms with Gasteiger partial charge in [0.05, 0.1) is 13.2 Å². The maximum absolute atomic E-state index is 11.9. The van der Waals surface area contributed by atoms with Gasteiger partial charge in [0.2, 0.25) is 0 Å². The van der Waals surface area contributed by atoms with Crippen molar-refractivity contribution in [3.8, 4) is 0 Å². The Morgan fingerprint density at radius 1 is 1.03 bits per heavy atom. The fraction of sp³-hybridized carbons (Fsp3) is 0.714. The van der Waals surface area contributed by atoms with Gasteiger partial charge in [0, 0.05) is 12.3 Å². The van der Waals surface area contributed by atoms with Crippen LogP contribution in [-0.4, -0.2) is 91.2 Å². The van der Waals surface area contributed by atoms with Crippen LogP contribution < -0.4 is 80.2 Å². The van der Waals surface area contributed by atoms with E-state index in [4.69, 9.17) is 4.74 Å². The summed E-state index contributed by atoms with van der Waals surface area (Å²) in [5.74, 6) is 0. The van der Waals surface area contributed by atoms with Crippen LogP contribution in [0.25, 0.3) is 0 Å². The number of phosphoric acid groups is 2. The molecule has 36 heavy (non-hydrogen) atoms. The van der Waals surface area contributed by atoms with E-state index in [2.05, 4.69) is 18.1 Å². The van der Waals surface area contributed by atoms with Crippen molar-refractivity contribution in [1.29, 1.82) is 0 Å². The van der Waals surface area contributed by atoms with E-state index in [1.165, 1.54) is 0 Å². The molecule has 1 aromatic heterocycles. The SMILES string of the molecule is O=c1ccn([C@@H]2O[C@H](COP(=O)([O-])OP(=O)([O-])O[C@H]3OC[C@@H](O)[C@H](O)[C@H]3O)[C@@H](O)[C@H]2O)c(=O)[nH]1.[Na+].[Na+]. The summed E-state index contributed by atoms with van der Waals surface area (Å²) >= 11 is 0. The van der Waals surface area contributed by atoms with E-state index >= 15 is 0 Å². The molecule has 0 amide bonds. The van der Waals surface area contributed by atoms with Crippen LogP contribution >= 0.6 is 15.6 Å². The topological polar surface area (TPSA) is 282 Å². The van der Waals surface area contributed by atoms with Crippen LogP contribution in [0.1, 0.15) is 6.23 Å². The van der Waals surface area contributed by atoms with Crippen LogP contribution in [0.4, 0.5) is 0 Å². The first kappa shape index (κ1) is 34.7. The van der Waals surface area contributed by atoms with E-state index in [1.54, 1.807) is 0 Å². The number of aromatic amines is 1. The molecule has 2 aliphatic rings. The molecule has 2 saturated heterocycles. The average Bonchev–Trinajstić information content (AvgIpc) is 3.00. The zero-order valence-electron chi connectivity index (χ0n) is 18.8. The molecule has 0 saturated carbocycles. The Hall–Kier alpha value is 0.660. The first-order valence-electron chi connectivity index (χ1n) is 9.36. The van der Waals surface area contributed by atoms with Crippen LogP contribution in [0.15, 0.2) is 21.9 Å². The minimum Gasteiger partial charge on any atom is -0.756 e. The van der Waals surface area contributed by atoms with Crippen molar-refractivity contribution in [1.82, 2.24) is 9.55 Å². The Bertz CT molecular complexity index is 1090. The summed E-state index contributed by atoms with van der Waals surface area (Å²) in [5.41, 5.74) is -1.75. The molecule has 18 nitrogen and oxygen atoms in total. The molecule has 2 aliphatic heterocycles. The van der Waals surface area contributed by atoms with Crippen molar-refractivity contribution < 1.29 is 126 Å². The number of phosphoric ester groups is 2. The monoisotopic (exact) mass is 580 g/mol. The van der Waals surface area contributed by atoms with Gasteiger partial charge < -0.3 is 49.3 Å².